The Morgan fingerprint density at radius 3 is 2.42 bits per heavy atom. The number of amides is 3. The molecule has 0 bridgehead atoms. The molecule has 0 heterocycles. The predicted molar refractivity (Wildman–Crippen MR) is 70.3 cm³/mol. The van der Waals surface area contributed by atoms with E-state index in [0.29, 0.717) is 11.8 Å². The first-order chi connectivity index (χ1) is 8.97. The maximum absolute atomic E-state index is 11.9. The van der Waals surface area contributed by atoms with Crippen LogP contribution in [0.4, 0.5) is 4.79 Å². The van der Waals surface area contributed by atoms with E-state index in [1.54, 1.807) is 13.1 Å². The maximum Gasteiger partial charge on any atom is 0.340 e. The molecule has 7 nitrogen and oxygen atoms in total. The van der Waals surface area contributed by atoms with Gasteiger partial charge in [-0.15, -0.1) is 0 Å². The van der Waals surface area contributed by atoms with Crippen molar-refractivity contribution in [1.82, 2.24) is 9.80 Å². The van der Waals surface area contributed by atoms with Crippen LogP contribution < -0.4 is 0 Å². The summed E-state index contributed by atoms with van der Waals surface area (Å²) in [6, 6.07) is -0.751. The largest absolute Gasteiger partial charge is 0.478 e. The number of hydrogen-bond donors (Lipinski definition) is 1. The third-order valence-electron chi connectivity index (χ3n) is 2.05. The number of imide groups is 1. The summed E-state index contributed by atoms with van der Waals surface area (Å²) in [6.45, 7) is 1.85. The van der Waals surface area contributed by atoms with E-state index >= 15 is 0 Å². The van der Waals surface area contributed by atoms with Gasteiger partial charge in [-0.25, -0.2) is 14.5 Å². The fourth-order valence-electron chi connectivity index (χ4n) is 1.11. The molecule has 0 atom stereocenters. The average Bonchev–Trinajstić information content (AvgIpc) is 2.38. The number of carbonyl (C=O) groups is 3. The molecule has 0 radical (unpaired) electrons. The smallest absolute Gasteiger partial charge is 0.340 e. The number of urea groups is 1. The van der Waals surface area contributed by atoms with E-state index in [-0.39, 0.29) is 13.1 Å². The van der Waals surface area contributed by atoms with Crippen molar-refractivity contribution in [2.75, 3.05) is 25.1 Å². The number of nitrogens with zero attached hydrogens (tertiary/aromatic N) is 3. The Balaban J connectivity index is 4.99. The highest BCUT2D eigenvalue weighted by atomic mass is 32.2. The van der Waals surface area contributed by atoms with Gasteiger partial charge in [0.2, 0.25) is 0 Å². The van der Waals surface area contributed by atoms with E-state index in [2.05, 4.69) is 0 Å². The number of hydrogen-bond acceptors (Lipinski definition) is 5. The lowest BCUT2D eigenvalue weighted by Crippen LogP contribution is -2.44. The second-order valence-corrected chi connectivity index (χ2v) is 4.27. The Bertz CT molecular complexity index is 417. The lowest BCUT2D eigenvalue weighted by atomic mass is 10.4. The summed E-state index contributed by atoms with van der Waals surface area (Å²) < 4.78 is 0. The molecule has 0 unspecified atom stereocenters. The zero-order chi connectivity index (χ0) is 14.8. The van der Waals surface area contributed by atoms with Gasteiger partial charge in [-0.2, -0.15) is 17.0 Å². The highest BCUT2D eigenvalue weighted by molar-refractivity contribution is 7.98. The predicted octanol–water partition coefficient (Wildman–Crippen LogP) is 0.742. The number of aliphatic carboxylic acids is 1. The second-order valence-electron chi connectivity index (χ2n) is 3.28. The Labute approximate surface area is 115 Å². The monoisotopic (exact) mass is 285 g/mol. The lowest BCUT2D eigenvalue weighted by molar-refractivity contribution is -0.132. The standard InChI is InChI=1S/C11H15N3O4S/c1-3-13(8-12)11(18)14(6-7-19-2)9(15)4-5-10(16)17/h4-5H,3,6-7H2,1-2H3,(H,16,17)/b5-4+. The van der Waals surface area contributed by atoms with Crippen LogP contribution in [0, 0.1) is 11.5 Å². The fourth-order valence-corrected chi connectivity index (χ4v) is 1.47. The van der Waals surface area contributed by atoms with Crippen molar-refractivity contribution in [2.45, 2.75) is 6.92 Å². The van der Waals surface area contributed by atoms with Crippen molar-refractivity contribution in [2.24, 2.45) is 0 Å². The summed E-state index contributed by atoms with van der Waals surface area (Å²) in [5.74, 6) is -1.53. The summed E-state index contributed by atoms with van der Waals surface area (Å²) in [5, 5.41) is 17.2. The minimum atomic E-state index is -1.28. The fraction of sp³-hybridized carbons (Fsp3) is 0.455. The first kappa shape index (κ1) is 17.0. The molecular formula is C11H15N3O4S. The number of nitriles is 1. The molecule has 1 N–H and O–H groups in total. The van der Waals surface area contributed by atoms with Crippen LogP contribution in [-0.2, 0) is 9.59 Å². The van der Waals surface area contributed by atoms with Crippen LogP contribution in [0.3, 0.4) is 0 Å². The SMILES string of the molecule is CCN(C#N)C(=O)N(CCSC)C(=O)/C=C/C(=O)O. The van der Waals surface area contributed by atoms with Crippen molar-refractivity contribution in [3.8, 4) is 6.19 Å². The van der Waals surface area contributed by atoms with Gasteiger partial charge in [0, 0.05) is 31.0 Å². The number of carboxylic acid groups (broad SMARTS) is 1. The molecule has 0 aliphatic rings. The van der Waals surface area contributed by atoms with Crippen LogP contribution in [0.2, 0.25) is 0 Å². The summed E-state index contributed by atoms with van der Waals surface area (Å²) in [6.07, 6.45) is 4.93. The van der Waals surface area contributed by atoms with Crippen molar-refractivity contribution in [1.29, 1.82) is 5.26 Å². The first-order valence-corrected chi connectivity index (χ1v) is 6.80. The Hall–Kier alpha value is -2.01. The van der Waals surface area contributed by atoms with Crippen LogP contribution in [0.5, 0.6) is 0 Å². The summed E-state index contributed by atoms with van der Waals surface area (Å²) in [4.78, 5) is 35.7. The van der Waals surface area contributed by atoms with Crippen LogP contribution in [0.1, 0.15) is 6.92 Å². The van der Waals surface area contributed by atoms with Gasteiger partial charge in [-0.1, -0.05) is 0 Å². The van der Waals surface area contributed by atoms with Crippen molar-refractivity contribution < 1.29 is 19.5 Å². The second kappa shape index (κ2) is 8.99. The van der Waals surface area contributed by atoms with Gasteiger partial charge in [0.15, 0.2) is 6.19 Å². The van der Waals surface area contributed by atoms with Crippen molar-refractivity contribution >= 4 is 29.7 Å². The average molecular weight is 285 g/mol. The van der Waals surface area contributed by atoms with Gasteiger partial charge in [-0.05, 0) is 13.2 Å². The molecule has 0 spiro atoms. The minimum Gasteiger partial charge on any atom is -0.478 e. The quantitative estimate of drug-likeness (QED) is 0.439. The molecule has 0 aromatic rings. The van der Waals surface area contributed by atoms with Crippen molar-refractivity contribution in [3.63, 3.8) is 0 Å². The lowest BCUT2D eigenvalue weighted by Gasteiger charge is -2.22. The van der Waals surface area contributed by atoms with Gasteiger partial charge < -0.3 is 5.11 Å². The van der Waals surface area contributed by atoms with Gasteiger partial charge in [0.05, 0.1) is 0 Å². The molecule has 0 rings (SSSR count). The molecule has 104 valence electrons. The highest BCUT2D eigenvalue weighted by Crippen LogP contribution is 2.03. The van der Waals surface area contributed by atoms with Crippen LogP contribution in [0.15, 0.2) is 12.2 Å². The molecule has 0 aliphatic heterocycles. The molecule has 0 saturated carbocycles. The van der Waals surface area contributed by atoms with E-state index in [0.717, 1.165) is 15.9 Å². The summed E-state index contributed by atoms with van der Waals surface area (Å²) >= 11 is 1.43. The van der Waals surface area contributed by atoms with Gasteiger partial charge >= 0.3 is 12.0 Å². The molecule has 0 saturated heterocycles. The zero-order valence-corrected chi connectivity index (χ0v) is 11.5. The molecule has 0 fully saturated rings. The number of rotatable bonds is 6. The van der Waals surface area contributed by atoms with Gasteiger partial charge in [0.25, 0.3) is 5.91 Å². The topological polar surface area (TPSA) is 102 Å². The third kappa shape index (κ3) is 5.92. The Kier molecular flexibility index (Phi) is 8.04. The van der Waals surface area contributed by atoms with Crippen LogP contribution in [0.25, 0.3) is 0 Å². The third-order valence-corrected chi connectivity index (χ3v) is 2.64. The number of carboxylic acids is 1. The molecule has 19 heavy (non-hydrogen) atoms. The van der Waals surface area contributed by atoms with Crippen LogP contribution in [-0.4, -0.2) is 57.9 Å². The molecule has 8 heteroatoms. The molecule has 0 aliphatic carbocycles. The normalized spacial score (nSPS) is 9.95. The zero-order valence-electron chi connectivity index (χ0n) is 10.7. The summed E-state index contributed by atoms with van der Waals surface area (Å²) in [7, 11) is 0. The molecule has 0 aromatic heterocycles. The van der Waals surface area contributed by atoms with E-state index in [9.17, 15) is 14.4 Å². The van der Waals surface area contributed by atoms with E-state index < -0.39 is 17.9 Å². The molecular weight excluding hydrogens is 270 g/mol. The Morgan fingerprint density at radius 2 is 2.00 bits per heavy atom. The maximum atomic E-state index is 11.9. The van der Waals surface area contributed by atoms with Gasteiger partial charge in [0.1, 0.15) is 0 Å². The van der Waals surface area contributed by atoms with E-state index in [4.69, 9.17) is 10.4 Å². The highest BCUT2D eigenvalue weighted by Gasteiger charge is 2.24. The molecule has 3 amide bonds. The van der Waals surface area contributed by atoms with E-state index in [1.807, 2.05) is 6.26 Å². The van der Waals surface area contributed by atoms with Crippen LogP contribution >= 0.6 is 11.8 Å². The number of carbonyl (C=O) groups excluding carboxylic acids is 2. The Morgan fingerprint density at radius 1 is 1.37 bits per heavy atom. The summed E-state index contributed by atoms with van der Waals surface area (Å²) in [5.41, 5.74) is 0. The number of thioether (sulfide) groups is 1. The van der Waals surface area contributed by atoms with E-state index in [1.165, 1.54) is 11.8 Å². The van der Waals surface area contributed by atoms with Gasteiger partial charge in [-0.3, -0.25) is 9.69 Å². The first-order valence-electron chi connectivity index (χ1n) is 5.40. The minimum absolute atomic E-state index is 0.112. The van der Waals surface area contributed by atoms with Crippen molar-refractivity contribution in [3.05, 3.63) is 12.2 Å². The molecule has 0 aromatic carbocycles.